The number of halogens is 1. The number of nitrogens with one attached hydrogen (secondary N) is 1. The number of hydrogen-bond acceptors (Lipinski definition) is 5. The van der Waals surface area contributed by atoms with Gasteiger partial charge in [-0.1, -0.05) is 18.2 Å². The number of hydrogen-bond donors (Lipinski definition) is 1. The lowest BCUT2D eigenvalue weighted by atomic mass is 9.99. The molecule has 3 aromatic rings. The fraction of sp³-hybridized carbons (Fsp3) is 0.286. The summed E-state index contributed by atoms with van der Waals surface area (Å²) in [5, 5.41) is 3.79. The van der Waals surface area contributed by atoms with Crippen molar-refractivity contribution in [2.75, 3.05) is 6.61 Å². The number of aryl methyl sites for hydroxylation is 1. The van der Waals surface area contributed by atoms with Crippen LogP contribution < -0.4 is 5.32 Å². The maximum absolute atomic E-state index is 13.3. The minimum Gasteiger partial charge on any atom is -0.376 e. The maximum Gasteiger partial charge on any atom is 0.263 e. The van der Waals surface area contributed by atoms with Crippen LogP contribution in [0.5, 0.6) is 0 Å². The molecule has 1 aliphatic rings. The fourth-order valence-electron chi connectivity index (χ4n) is 3.34. The van der Waals surface area contributed by atoms with Gasteiger partial charge in [-0.15, -0.1) is 11.3 Å². The van der Waals surface area contributed by atoms with Gasteiger partial charge < -0.3 is 10.1 Å². The molecule has 1 N–H and O–H groups in total. The molecule has 1 aliphatic heterocycles. The molecule has 2 atom stereocenters. The van der Waals surface area contributed by atoms with Crippen molar-refractivity contribution in [2.45, 2.75) is 31.9 Å². The SMILES string of the molecule is Cc1nc(-c2ccccn2)sc1C(=O)N[C@@H](c1ccc(F)cc1)[C@@H]1CCCO1. The van der Waals surface area contributed by atoms with Gasteiger partial charge in [-0.3, -0.25) is 9.78 Å². The van der Waals surface area contributed by atoms with Gasteiger partial charge in [0.15, 0.2) is 0 Å². The Hall–Kier alpha value is -2.64. The first-order valence-corrected chi connectivity index (χ1v) is 10.0. The number of amides is 1. The van der Waals surface area contributed by atoms with Crippen molar-refractivity contribution in [3.8, 4) is 10.7 Å². The van der Waals surface area contributed by atoms with Crippen LogP contribution in [-0.2, 0) is 4.74 Å². The quantitative estimate of drug-likeness (QED) is 0.697. The van der Waals surface area contributed by atoms with E-state index in [9.17, 15) is 9.18 Å². The first kappa shape index (κ1) is 18.7. The summed E-state index contributed by atoms with van der Waals surface area (Å²) in [5.74, 6) is -0.513. The van der Waals surface area contributed by atoms with Crippen LogP contribution in [0, 0.1) is 12.7 Å². The average Bonchev–Trinajstić information content (AvgIpc) is 3.37. The molecule has 0 bridgehead atoms. The van der Waals surface area contributed by atoms with Gasteiger partial charge in [-0.2, -0.15) is 0 Å². The summed E-state index contributed by atoms with van der Waals surface area (Å²) >= 11 is 1.32. The van der Waals surface area contributed by atoms with E-state index in [0.717, 1.165) is 24.1 Å². The molecule has 5 nitrogen and oxygen atoms in total. The summed E-state index contributed by atoms with van der Waals surface area (Å²) in [6.07, 6.45) is 3.37. The molecular formula is C21H20FN3O2S. The maximum atomic E-state index is 13.3. The Morgan fingerprint density at radius 2 is 2.11 bits per heavy atom. The normalized spacial score (nSPS) is 17.4. The molecule has 0 saturated carbocycles. The Morgan fingerprint density at radius 1 is 1.29 bits per heavy atom. The molecule has 1 aromatic carbocycles. The zero-order chi connectivity index (χ0) is 19.5. The predicted octanol–water partition coefficient (Wildman–Crippen LogP) is 4.30. The van der Waals surface area contributed by atoms with E-state index in [2.05, 4.69) is 15.3 Å². The molecular weight excluding hydrogens is 377 g/mol. The second-order valence-corrected chi connectivity index (χ2v) is 7.70. The van der Waals surface area contributed by atoms with E-state index in [4.69, 9.17) is 4.74 Å². The zero-order valence-electron chi connectivity index (χ0n) is 15.4. The number of carbonyl (C=O) groups excluding carboxylic acids is 1. The monoisotopic (exact) mass is 397 g/mol. The van der Waals surface area contributed by atoms with Crippen molar-refractivity contribution < 1.29 is 13.9 Å². The number of pyridine rings is 1. The van der Waals surface area contributed by atoms with E-state index in [0.29, 0.717) is 22.2 Å². The predicted molar refractivity (Wildman–Crippen MR) is 106 cm³/mol. The van der Waals surface area contributed by atoms with Gasteiger partial charge in [0.1, 0.15) is 15.7 Å². The standard InChI is InChI=1S/C21H20FN3O2S/c1-13-19(28-21(24-13)16-5-2-3-11-23-16)20(26)25-18(17-6-4-12-27-17)14-7-9-15(22)10-8-14/h2-3,5,7-11,17-18H,4,6,12H2,1H3,(H,25,26)/t17-,18-/m0/s1. The van der Waals surface area contributed by atoms with Crippen molar-refractivity contribution in [1.82, 2.24) is 15.3 Å². The van der Waals surface area contributed by atoms with E-state index in [-0.39, 0.29) is 23.9 Å². The molecule has 1 saturated heterocycles. The summed E-state index contributed by atoms with van der Waals surface area (Å²) in [6, 6.07) is 11.5. The molecule has 144 valence electrons. The first-order valence-electron chi connectivity index (χ1n) is 9.18. The number of nitrogens with zero attached hydrogens (tertiary/aromatic N) is 2. The minimum atomic E-state index is -0.338. The van der Waals surface area contributed by atoms with Crippen LogP contribution in [0.4, 0.5) is 4.39 Å². The van der Waals surface area contributed by atoms with Gasteiger partial charge in [-0.25, -0.2) is 9.37 Å². The minimum absolute atomic E-state index is 0.127. The van der Waals surface area contributed by atoms with E-state index in [1.165, 1.54) is 23.5 Å². The van der Waals surface area contributed by atoms with Gasteiger partial charge >= 0.3 is 0 Å². The summed E-state index contributed by atoms with van der Waals surface area (Å²) in [6.45, 7) is 2.48. The Labute approximate surface area is 166 Å². The summed E-state index contributed by atoms with van der Waals surface area (Å²) in [5.41, 5.74) is 2.23. The van der Waals surface area contributed by atoms with Crippen molar-refractivity contribution >= 4 is 17.2 Å². The van der Waals surface area contributed by atoms with Crippen molar-refractivity contribution in [3.63, 3.8) is 0 Å². The van der Waals surface area contributed by atoms with Gasteiger partial charge in [0, 0.05) is 12.8 Å². The van der Waals surface area contributed by atoms with Crippen LogP contribution in [0.3, 0.4) is 0 Å². The molecule has 0 aliphatic carbocycles. The smallest absolute Gasteiger partial charge is 0.263 e. The average molecular weight is 397 g/mol. The molecule has 1 fully saturated rings. The number of carbonyl (C=O) groups is 1. The molecule has 1 amide bonds. The zero-order valence-corrected chi connectivity index (χ0v) is 16.2. The fourth-order valence-corrected chi connectivity index (χ4v) is 4.29. The Bertz CT molecular complexity index is 954. The summed E-state index contributed by atoms with van der Waals surface area (Å²) < 4.78 is 19.2. The Kier molecular flexibility index (Phi) is 5.45. The highest BCUT2D eigenvalue weighted by atomic mass is 32.1. The highest BCUT2D eigenvalue weighted by Gasteiger charge is 2.30. The highest BCUT2D eigenvalue weighted by Crippen LogP contribution is 2.30. The van der Waals surface area contributed by atoms with Gasteiger partial charge in [0.2, 0.25) is 0 Å². The summed E-state index contributed by atoms with van der Waals surface area (Å²) in [4.78, 5) is 22.4. The third-order valence-electron chi connectivity index (χ3n) is 4.74. The van der Waals surface area contributed by atoms with Crippen LogP contribution in [0.15, 0.2) is 48.7 Å². The topological polar surface area (TPSA) is 64.1 Å². The van der Waals surface area contributed by atoms with Crippen molar-refractivity contribution in [2.24, 2.45) is 0 Å². The molecule has 3 heterocycles. The van der Waals surface area contributed by atoms with Crippen LogP contribution in [0.1, 0.15) is 39.8 Å². The van der Waals surface area contributed by atoms with E-state index in [1.54, 1.807) is 18.3 Å². The first-order chi connectivity index (χ1) is 13.6. The summed E-state index contributed by atoms with van der Waals surface area (Å²) in [7, 11) is 0. The van der Waals surface area contributed by atoms with Crippen LogP contribution in [-0.4, -0.2) is 28.6 Å². The molecule has 2 aromatic heterocycles. The number of ether oxygens (including phenoxy) is 1. The molecule has 0 unspecified atom stereocenters. The largest absolute Gasteiger partial charge is 0.376 e. The second kappa shape index (κ2) is 8.16. The third kappa shape index (κ3) is 3.95. The lowest BCUT2D eigenvalue weighted by Gasteiger charge is -2.24. The van der Waals surface area contributed by atoms with Crippen molar-refractivity contribution in [3.05, 3.63) is 70.6 Å². The molecule has 4 rings (SSSR count). The molecule has 0 spiro atoms. The van der Waals surface area contributed by atoms with Crippen molar-refractivity contribution in [1.29, 1.82) is 0 Å². The number of aromatic nitrogens is 2. The Balaban J connectivity index is 1.59. The second-order valence-electron chi connectivity index (χ2n) is 6.70. The van der Waals surface area contributed by atoms with Gasteiger partial charge in [0.05, 0.1) is 23.5 Å². The number of rotatable bonds is 5. The van der Waals surface area contributed by atoms with E-state index in [1.807, 2.05) is 25.1 Å². The van der Waals surface area contributed by atoms with E-state index >= 15 is 0 Å². The van der Waals surface area contributed by atoms with E-state index < -0.39 is 0 Å². The van der Waals surface area contributed by atoms with Crippen LogP contribution in [0.25, 0.3) is 10.7 Å². The number of benzene rings is 1. The number of thiazole rings is 1. The van der Waals surface area contributed by atoms with Gasteiger partial charge in [0.25, 0.3) is 5.91 Å². The molecule has 7 heteroatoms. The Morgan fingerprint density at radius 3 is 2.79 bits per heavy atom. The van der Waals surface area contributed by atoms with Crippen LogP contribution >= 0.6 is 11.3 Å². The van der Waals surface area contributed by atoms with Gasteiger partial charge in [-0.05, 0) is 49.6 Å². The highest BCUT2D eigenvalue weighted by molar-refractivity contribution is 7.17. The molecule has 0 radical (unpaired) electrons. The lowest BCUT2D eigenvalue weighted by Crippen LogP contribution is -2.36. The molecule has 28 heavy (non-hydrogen) atoms. The van der Waals surface area contributed by atoms with Crippen LogP contribution in [0.2, 0.25) is 0 Å². The lowest BCUT2D eigenvalue weighted by molar-refractivity contribution is 0.0674. The third-order valence-corrected chi connectivity index (χ3v) is 5.92.